The fourth-order valence-corrected chi connectivity index (χ4v) is 1.26. The molecule has 1 fully saturated rings. The summed E-state index contributed by atoms with van der Waals surface area (Å²) in [7, 11) is 0. The van der Waals surface area contributed by atoms with Gasteiger partial charge in [-0.25, -0.2) is 4.98 Å². The molecule has 2 heterocycles. The van der Waals surface area contributed by atoms with Crippen LogP contribution in [0.3, 0.4) is 0 Å². The lowest BCUT2D eigenvalue weighted by Gasteiger charge is -2.27. The maximum atomic E-state index is 5.60. The Labute approximate surface area is 77.4 Å². The van der Waals surface area contributed by atoms with Gasteiger partial charge in [0.25, 0.3) is 0 Å². The first-order valence-corrected chi connectivity index (χ1v) is 4.44. The number of hydrogen-bond acceptors (Lipinski definition) is 4. The van der Waals surface area contributed by atoms with Crippen LogP contribution in [0.1, 0.15) is 11.5 Å². The number of rotatable bonds is 2. The Kier molecular flexibility index (Phi) is 2.14. The molecule has 70 valence electrons. The molecule has 0 atom stereocenters. The predicted octanol–water partition coefficient (Wildman–Crippen LogP) is 0.444. The van der Waals surface area contributed by atoms with E-state index in [4.69, 9.17) is 4.74 Å². The van der Waals surface area contributed by atoms with E-state index in [2.05, 4.69) is 15.3 Å². The van der Waals surface area contributed by atoms with Gasteiger partial charge in [-0.2, -0.15) is 4.98 Å². The molecule has 0 radical (unpaired) electrons. The molecule has 2 rings (SSSR count). The summed E-state index contributed by atoms with van der Waals surface area (Å²) < 4.78 is 5.60. The van der Waals surface area contributed by atoms with Crippen LogP contribution in [0.2, 0.25) is 0 Å². The van der Waals surface area contributed by atoms with E-state index in [1.54, 1.807) is 0 Å². The zero-order valence-electron chi connectivity index (χ0n) is 7.87. The Balaban J connectivity index is 2.10. The Bertz CT molecular complexity index is 289. The van der Waals surface area contributed by atoms with Crippen LogP contribution in [0, 0.1) is 13.8 Å². The smallest absolute Gasteiger partial charge is 0.217 e. The molecule has 0 aliphatic carbocycles. The second kappa shape index (κ2) is 3.30. The van der Waals surface area contributed by atoms with Crippen molar-refractivity contribution in [2.75, 3.05) is 13.1 Å². The highest BCUT2D eigenvalue weighted by atomic mass is 16.5. The van der Waals surface area contributed by atoms with E-state index in [1.165, 1.54) is 0 Å². The van der Waals surface area contributed by atoms with Gasteiger partial charge in [0.05, 0.1) is 0 Å². The average molecular weight is 179 g/mol. The van der Waals surface area contributed by atoms with Crippen molar-refractivity contribution in [3.05, 3.63) is 17.6 Å². The molecule has 4 nitrogen and oxygen atoms in total. The largest absolute Gasteiger partial charge is 0.472 e. The van der Waals surface area contributed by atoms with Crippen LogP contribution in [0.25, 0.3) is 0 Å². The lowest BCUT2D eigenvalue weighted by atomic mass is 10.2. The van der Waals surface area contributed by atoms with Crippen LogP contribution in [0.4, 0.5) is 0 Å². The highest BCUT2D eigenvalue weighted by Gasteiger charge is 2.18. The molecule has 0 saturated carbocycles. The summed E-state index contributed by atoms with van der Waals surface area (Å²) in [6.07, 6.45) is 0.286. The van der Waals surface area contributed by atoms with Crippen molar-refractivity contribution in [3.8, 4) is 5.88 Å². The summed E-state index contributed by atoms with van der Waals surface area (Å²) in [6.45, 7) is 5.66. The van der Waals surface area contributed by atoms with Gasteiger partial charge in [-0.15, -0.1) is 0 Å². The molecule has 1 aliphatic rings. The van der Waals surface area contributed by atoms with E-state index in [0.29, 0.717) is 5.88 Å². The number of nitrogens with one attached hydrogen (secondary N) is 1. The molecule has 13 heavy (non-hydrogen) atoms. The Morgan fingerprint density at radius 3 is 2.69 bits per heavy atom. The van der Waals surface area contributed by atoms with Crippen LogP contribution < -0.4 is 10.1 Å². The van der Waals surface area contributed by atoms with Gasteiger partial charge in [0.2, 0.25) is 5.88 Å². The second-order valence-electron chi connectivity index (χ2n) is 3.29. The van der Waals surface area contributed by atoms with Crippen molar-refractivity contribution < 1.29 is 4.74 Å². The van der Waals surface area contributed by atoms with Crippen molar-refractivity contribution >= 4 is 0 Å². The number of aryl methyl sites for hydroxylation is 2. The molecule has 0 aromatic carbocycles. The third-order valence-electron chi connectivity index (χ3n) is 1.97. The molecular formula is C9H13N3O. The van der Waals surface area contributed by atoms with Crippen LogP contribution in [-0.4, -0.2) is 29.2 Å². The first kappa shape index (κ1) is 8.44. The van der Waals surface area contributed by atoms with Gasteiger partial charge >= 0.3 is 0 Å². The van der Waals surface area contributed by atoms with Gasteiger partial charge in [-0.1, -0.05) is 0 Å². The van der Waals surface area contributed by atoms with Crippen molar-refractivity contribution in [1.29, 1.82) is 0 Å². The molecule has 0 unspecified atom stereocenters. The average Bonchev–Trinajstić information content (AvgIpc) is 1.95. The van der Waals surface area contributed by atoms with Gasteiger partial charge in [-0.05, 0) is 13.8 Å². The zero-order valence-corrected chi connectivity index (χ0v) is 7.87. The summed E-state index contributed by atoms with van der Waals surface area (Å²) in [5.74, 6) is 1.46. The van der Waals surface area contributed by atoms with Crippen molar-refractivity contribution in [3.63, 3.8) is 0 Å². The van der Waals surface area contributed by atoms with E-state index in [9.17, 15) is 0 Å². The zero-order chi connectivity index (χ0) is 9.26. The van der Waals surface area contributed by atoms with E-state index in [1.807, 2.05) is 19.9 Å². The highest BCUT2D eigenvalue weighted by Crippen LogP contribution is 2.11. The molecular weight excluding hydrogens is 166 g/mol. The third kappa shape index (κ3) is 1.95. The maximum absolute atomic E-state index is 5.60. The third-order valence-corrected chi connectivity index (χ3v) is 1.97. The second-order valence-corrected chi connectivity index (χ2v) is 3.29. The quantitative estimate of drug-likeness (QED) is 0.715. The summed E-state index contributed by atoms with van der Waals surface area (Å²) in [5, 5.41) is 3.14. The molecule has 1 aromatic heterocycles. The fraction of sp³-hybridized carbons (Fsp3) is 0.556. The van der Waals surface area contributed by atoms with Gasteiger partial charge in [-0.3, -0.25) is 0 Å². The Morgan fingerprint density at radius 1 is 1.38 bits per heavy atom. The number of hydrogen-bond donors (Lipinski definition) is 1. The number of ether oxygens (including phenoxy) is 1. The van der Waals surface area contributed by atoms with E-state index in [0.717, 1.165) is 24.6 Å². The lowest BCUT2D eigenvalue weighted by molar-refractivity contribution is 0.135. The van der Waals surface area contributed by atoms with Crippen LogP contribution >= 0.6 is 0 Å². The molecule has 1 aromatic rings. The number of aromatic nitrogens is 2. The van der Waals surface area contributed by atoms with Gasteiger partial charge in [0, 0.05) is 24.8 Å². The summed E-state index contributed by atoms with van der Waals surface area (Å²) >= 11 is 0. The van der Waals surface area contributed by atoms with Crippen molar-refractivity contribution in [1.82, 2.24) is 15.3 Å². The van der Waals surface area contributed by atoms with Crippen LogP contribution in [0.5, 0.6) is 5.88 Å². The van der Waals surface area contributed by atoms with Gasteiger partial charge in [0.15, 0.2) is 0 Å². The standard InChI is InChI=1S/C9H13N3O/c1-6-3-9(12-7(2)11-6)13-8-4-10-5-8/h3,8,10H,4-5H2,1-2H3. The molecule has 0 amide bonds. The molecule has 0 bridgehead atoms. The summed E-state index contributed by atoms with van der Waals surface area (Å²) in [6, 6.07) is 1.87. The van der Waals surface area contributed by atoms with Crippen LogP contribution in [-0.2, 0) is 0 Å². The minimum atomic E-state index is 0.286. The molecule has 4 heteroatoms. The van der Waals surface area contributed by atoms with Crippen molar-refractivity contribution in [2.45, 2.75) is 20.0 Å². The fourth-order valence-electron chi connectivity index (χ4n) is 1.26. The molecule has 1 aliphatic heterocycles. The normalized spacial score (nSPS) is 16.8. The summed E-state index contributed by atoms with van der Waals surface area (Å²) in [5.41, 5.74) is 0.954. The van der Waals surface area contributed by atoms with E-state index >= 15 is 0 Å². The molecule has 1 N–H and O–H groups in total. The molecule has 0 spiro atoms. The minimum absolute atomic E-state index is 0.286. The minimum Gasteiger partial charge on any atom is -0.472 e. The predicted molar refractivity (Wildman–Crippen MR) is 48.8 cm³/mol. The van der Waals surface area contributed by atoms with Crippen LogP contribution in [0.15, 0.2) is 6.07 Å². The molecule has 1 saturated heterocycles. The first-order valence-electron chi connectivity index (χ1n) is 4.44. The lowest BCUT2D eigenvalue weighted by Crippen LogP contribution is -2.50. The van der Waals surface area contributed by atoms with E-state index in [-0.39, 0.29) is 6.10 Å². The Morgan fingerprint density at radius 2 is 2.15 bits per heavy atom. The maximum Gasteiger partial charge on any atom is 0.217 e. The SMILES string of the molecule is Cc1cc(OC2CNC2)nc(C)n1. The first-order chi connectivity index (χ1) is 6.24. The van der Waals surface area contributed by atoms with Gasteiger partial charge < -0.3 is 10.1 Å². The monoisotopic (exact) mass is 179 g/mol. The highest BCUT2D eigenvalue weighted by molar-refractivity contribution is 5.15. The topological polar surface area (TPSA) is 47.0 Å². The Hall–Kier alpha value is -1.16. The van der Waals surface area contributed by atoms with Gasteiger partial charge in [0.1, 0.15) is 11.9 Å². The summed E-state index contributed by atoms with van der Waals surface area (Å²) in [4.78, 5) is 8.37. The van der Waals surface area contributed by atoms with Crippen molar-refractivity contribution in [2.24, 2.45) is 0 Å². The van der Waals surface area contributed by atoms with E-state index < -0.39 is 0 Å². The number of nitrogens with zero attached hydrogens (tertiary/aromatic N) is 2.